The van der Waals surface area contributed by atoms with Crippen molar-refractivity contribution in [3.63, 3.8) is 0 Å². The Morgan fingerprint density at radius 1 is 0.964 bits per heavy atom. The van der Waals surface area contributed by atoms with Crippen LogP contribution < -0.4 is 5.32 Å². The van der Waals surface area contributed by atoms with Crippen LogP contribution >= 0.6 is 0 Å². The van der Waals surface area contributed by atoms with Gasteiger partial charge in [0, 0.05) is 6.04 Å². The highest BCUT2D eigenvalue weighted by molar-refractivity contribution is 5.85. The van der Waals surface area contributed by atoms with Crippen LogP contribution in [0.5, 0.6) is 0 Å². The van der Waals surface area contributed by atoms with Gasteiger partial charge in [-0.05, 0) is 60.2 Å². The summed E-state index contributed by atoms with van der Waals surface area (Å²) in [6, 6.07) is 24.6. The minimum Gasteiger partial charge on any atom is -0.313 e. The van der Waals surface area contributed by atoms with Gasteiger partial charge in [0.05, 0.1) is 0 Å². The van der Waals surface area contributed by atoms with Gasteiger partial charge in [0.25, 0.3) is 0 Å². The fourth-order valence-corrected chi connectivity index (χ4v) is 3.88. The van der Waals surface area contributed by atoms with Crippen LogP contribution in [0.25, 0.3) is 10.8 Å². The molecule has 3 aromatic rings. The van der Waals surface area contributed by atoms with Crippen molar-refractivity contribution < 1.29 is 0 Å². The lowest BCUT2D eigenvalue weighted by Crippen LogP contribution is -2.30. The van der Waals surface area contributed by atoms with Crippen molar-refractivity contribution in [3.8, 4) is 0 Å². The van der Waals surface area contributed by atoms with E-state index in [0.29, 0.717) is 6.04 Å². The summed E-state index contributed by atoms with van der Waals surface area (Å²) in [6.07, 6.45) is 8.25. The van der Waals surface area contributed by atoms with Gasteiger partial charge in [0.15, 0.2) is 0 Å². The summed E-state index contributed by atoms with van der Waals surface area (Å²) in [4.78, 5) is 0. The molecule has 0 saturated heterocycles. The number of hydrogen-bond acceptors (Lipinski definition) is 1. The Morgan fingerprint density at radius 2 is 1.68 bits per heavy atom. The molecule has 0 radical (unpaired) electrons. The average Bonchev–Trinajstić information content (AvgIpc) is 2.75. The van der Waals surface area contributed by atoms with Gasteiger partial charge in [0.2, 0.25) is 0 Å². The number of hydrogen-bond donors (Lipinski definition) is 1. The molecule has 1 nitrogen and oxygen atoms in total. The van der Waals surface area contributed by atoms with Crippen LogP contribution in [0.1, 0.15) is 30.0 Å². The van der Waals surface area contributed by atoms with E-state index in [2.05, 4.69) is 98.7 Å². The molecule has 0 amide bonds. The zero-order valence-corrected chi connectivity index (χ0v) is 17.1. The molecule has 0 fully saturated rings. The highest BCUT2D eigenvalue weighted by Gasteiger charge is 2.13. The minimum absolute atomic E-state index is 0.320. The van der Waals surface area contributed by atoms with Crippen LogP contribution in [-0.2, 0) is 19.3 Å². The van der Waals surface area contributed by atoms with Gasteiger partial charge < -0.3 is 5.32 Å². The molecule has 0 aliphatic heterocycles. The third kappa shape index (κ3) is 4.99. The average molecular weight is 370 g/mol. The maximum absolute atomic E-state index is 3.95. The Kier molecular flexibility index (Phi) is 7.22. The molecular weight excluding hydrogens is 338 g/mol. The summed E-state index contributed by atoms with van der Waals surface area (Å²) in [5.74, 6) is 0. The first-order chi connectivity index (χ1) is 13.7. The molecule has 0 aromatic heterocycles. The van der Waals surface area contributed by atoms with E-state index < -0.39 is 0 Å². The first-order valence-corrected chi connectivity index (χ1v) is 10.3. The van der Waals surface area contributed by atoms with Gasteiger partial charge in [-0.25, -0.2) is 0 Å². The van der Waals surface area contributed by atoms with E-state index in [0.717, 1.165) is 25.7 Å². The Morgan fingerprint density at radius 3 is 2.39 bits per heavy atom. The van der Waals surface area contributed by atoms with Crippen molar-refractivity contribution in [3.05, 3.63) is 108 Å². The smallest absolute Gasteiger partial charge is 0.0320 e. The SMILES string of the molecule is C=C/C=C(/CCc1cccc2ccccc12)[C@H](Cc1ccc(CC)cc1)NC. The second-order valence-electron chi connectivity index (χ2n) is 7.33. The summed E-state index contributed by atoms with van der Waals surface area (Å²) < 4.78 is 0. The number of likely N-dealkylation sites (N-methyl/N-ethyl adjacent to an activating group) is 1. The van der Waals surface area contributed by atoms with Gasteiger partial charge >= 0.3 is 0 Å². The summed E-state index contributed by atoms with van der Waals surface area (Å²) in [6.45, 7) is 6.15. The van der Waals surface area contributed by atoms with Gasteiger partial charge in [-0.3, -0.25) is 0 Å². The van der Waals surface area contributed by atoms with E-state index >= 15 is 0 Å². The first-order valence-electron chi connectivity index (χ1n) is 10.3. The molecule has 3 aromatic carbocycles. The molecule has 0 heterocycles. The van der Waals surface area contributed by atoms with E-state index in [1.54, 1.807) is 0 Å². The summed E-state index contributed by atoms with van der Waals surface area (Å²) >= 11 is 0. The second-order valence-corrected chi connectivity index (χ2v) is 7.33. The molecule has 1 heteroatoms. The van der Waals surface area contributed by atoms with Crippen molar-refractivity contribution in [2.45, 2.75) is 38.6 Å². The molecule has 0 spiro atoms. The minimum atomic E-state index is 0.320. The molecule has 3 rings (SSSR count). The molecule has 1 atom stereocenters. The maximum Gasteiger partial charge on any atom is 0.0320 e. The third-order valence-corrected chi connectivity index (χ3v) is 5.56. The summed E-state index contributed by atoms with van der Waals surface area (Å²) in [5, 5.41) is 6.20. The zero-order chi connectivity index (χ0) is 19.8. The fraction of sp³-hybridized carbons (Fsp3) is 0.259. The summed E-state index contributed by atoms with van der Waals surface area (Å²) in [7, 11) is 2.06. The number of aryl methyl sites for hydroxylation is 2. The Balaban J connectivity index is 1.75. The monoisotopic (exact) mass is 369 g/mol. The number of nitrogens with one attached hydrogen (secondary N) is 1. The molecule has 0 unspecified atom stereocenters. The zero-order valence-electron chi connectivity index (χ0n) is 17.1. The van der Waals surface area contributed by atoms with Crippen LogP contribution in [-0.4, -0.2) is 13.1 Å². The topological polar surface area (TPSA) is 12.0 Å². The van der Waals surface area contributed by atoms with Crippen LogP contribution in [0.2, 0.25) is 0 Å². The van der Waals surface area contributed by atoms with Crippen LogP contribution in [0.3, 0.4) is 0 Å². The first kappa shape index (κ1) is 20.1. The predicted octanol–water partition coefficient (Wildman–Crippen LogP) is 6.28. The number of fused-ring (bicyclic) bond motifs is 1. The highest BCUT2D eigenvalue weighted by Crippen LogP contribution is 2.23. The van der Waals surface area contributed by atoms with Crippen molar-refractivity contribution in [1.29, 1.82) is 0 Å². The summed E-state index contributed by atoms with van der Waals surface area (Å²) in [5.41, 5.74) is 5.58. The molecule has 1 N–H and O–H groups in total. The van der Waals surface area contributed by atoms with Crippen molar-refractivity contribution in [2.75, 3.05) is 7.05 Å². The lowest BCUT2D eigenvalue weighted by atomic mass is 9.92. The molecule has 0 aliphatic rings. The predicted molar refractivity (Wildman–Crippen MR) is 123 cm³/mol. The largest absolute Gasteiger partial charge is 0.313 e. The number of rotatable bonds is 9. The van der Waals surface area contributed by atoms with Crippen LogP contribution in [0, 0.1) is 0 Å². The van der Waals surface area contributed by atoms with Gasteiger partial charge in [-0.15, -0.1) is 0 Å². The lowest BCUT2D eigenvalue weighted by molar-refractivity contribution is 0.607. The van der Waals surface area contributed by atoms with E-state index in [9.17, 15) is 0 Å². The fourth-order valence-electron chi connectivity index (χ4n) is 3.88. The van der Waals surface area contributed by atoms with Gasteiger partial charge in [-0.2, -0.15) is 0 Å². The van der Waals surface area contributed by atoms with Crippen LogP contribution in [0.4, 0.5) is 0 Å². The quantitative estimate of drug-likeness (QED) is 0.438. The van der Waals surface area contributed by atoms with Gasteiger partial charge in [-0.1, -0.05) is 98.0 Å². The standard InChI is InChI=1S/C27H31N/c1-4-9-25(27(28-3)20-22-16-14-21(5-2)15-17-22)19-18-24-12-8-11-23-10-6-7-13-26(23)24/h4,6-17,27-28H,1,5,18-20H2,2-3H3/b25-9-/t27-/m0/s1. The van der Waals surface area contributed by atoms with Gasteiger partial charge in [0.1, 0.15) is 0 Å². The maximum atomic E-state index is 3.95. The van der Waals surface area contributed by atoms with E-state index in [4.69, 9.17) is 0 Å². The van der Waals surface area contributed by atoms with E-state index in [1.165, 1.54) is 33.0 Å². The third-order valence-electron chi connectivity index (χ3n) is 5.56. The molecule has 0 saturated carbocycles. The molecular formula is C27H31N. The Bertz CT molecular complexity index is 929. The van der Waals surface area contributed by atoms with Crippen LogP contribution in [0.15, 0.2) is 91.0 Å². The molecule has 28 heavy (non-hydrogen) atoms. The highest BCUT2D eigenvalue weighted by atomic mass is 14.9. The Hall–Kier alpha value is -2.64. The molecule has 0 aliphatic carbocycles. The molecule has 144 valence electrons. The number of benzene rings is 3. The number of allylic oxidation sites excluding steroid dienone is 2. The van der Waals surface area contributed by atoms with E-state index in [1.807, 2.05) is 6.08 Å². The van der Waals surface area contributed by atoms with Crippen molar-refractivity contribution >= 4 is 10.8 Å². The van der Waals surface area contributed by atoms with Crippen molar-refractivity contribution in [1.82, 2.24) is 5.32 Å². The lowest BCUT2D eigenvalue weighted by Gasteiger charge is -2.21. The molecule has 0 bridgehead atoms. The second kappa shape index (κ2) is 10.1. The van der Waals surface area contributed by atoms with E-state index in [-0.39, 0.29) is 0 Å². The normalized spacial score (nSPS) is 12.9. The van der Waals surface area contributed by atoms with Crippen molar-refractivity contribution in [2.24, 2.45) is 0 Å². The Labute approximate surface area is 169 Å².